The van der Waals surface area contributed by atoms with Gasteiger partial charge in [-0.25, -0.2) is 14.5 Å². The van der Waals surface area contributed by atoms with E-state index in [9.17, 15) is 4.79 Å². The van der Waals surface area contributed by atoms with Crippen LogP contribution in [0.2, 0.25) is 0 Å². The highest BCUT2D eigenvalue weighted by molar-refractivity contribution is 5.84. The van der Waals surface area contributed by atoms with Gasteiger partial charge in [0.2, 0.25) is 5.88 Å². The van der Waals surface area contributed by atoms with Crippen molar-refractivity contribution in [3.63, 3.8) is 0 Å². The fourth-order valence-electron chi connectivity index (χ4n) is 1.89. The van der Waals surface area contributed by atoms with Crippen LogP contribution in [-0.2, 0) is 6.61 Å². The molecule has 0 aliphatic carbocycles. The summed E-state index contributed by atoms with van der Waals surface area (Å²) in [5.41, 5.74) is 1.11. The number of ether oxygens (including phenoxy) is 1. The Morgan fingerprint density at radius 1 is 1.26 bits per heavy atom. The second kappa shape index (κ2) is 6.56. The number of benzene rings is 1. The van der Waals surface area contributed by atoms with E-state index in [-0.39, 0.29) is 24.1 Å². The molecule has 3 aromatic rings. The Morgan fingerprint density at radius 2 is 2.09 bits per heavy atom. The number of anilines is 1. The summed E-state index contributed by atoms with van der Waals surface area (Å²) < 4.78 is 7.10. The quantitative estimate of drug-likeness (QED) is 0.749. The molecule has 2 N–H and O–H groups in total. The van der Waals surface area contributed by atoms with Crippen molar-refractivity contribution in [2.75, 3.05) is 5.32 Å². The first-order valence-corrected chi connectivity index (χ1v) is 6.76. The highest BCUT2D eigenvalue weighted by Crippen LogP contribution is 2.22. The van der Waals surface area contributed by atoms with Crippen LogP contribution in [0.15, 0.2) is 55.0 Å². The zero-order chi connectivity index (χ0) is 16.1. The van der Waals surface area contributed by atoms with E-state index in [0.29, 0.717) is 0 Å². The molecule has 23 heavy (non-hydrogen) atoms. The molecule has 116 valence electrons. The van der Waals surface area contributed by atoms with Gasteiger partial charge in [-0.3, -0.25) is 5.32 Å². The van der Waals surface area contributed by atoms with E-state index in [1.807, 2.05) is 30.3 Å². The number of rotatable bonds is 5. The molecule has 0 bridgehead atoms. The van der Waals surface area contributed by atoms with Crippen molar-refractivity contribution in [2.24, 2.45) is 0 Å². The van der Waals surface area contributed by atoms with Crippen molar-refractivity contribution in [3.8, 4) is 11.8 Å². The Balaban J connectivity index is 1.87. The van der Waals surface area contributed by atoms with Crippen LogP contribution in [0.25, 0.3) is 5.95 Å². The molecule has 2 heterocycles. The Hall–Kier alpha value is -3.42. The fourth-order valence-corrected chi connectivity index (χ4v) is 1.89. The van der Waals surface area contributed by atoms with E-state index < -0.39 is 6.09 Å². The van der Waals surface area contributed by atoms with Gasteiger partial charge in [0, 0.05) is 12.4 Å². The molecule has 0 aliphatic rings. The number of hydrogen-bond acceptors (Lipinski definition) is 5. The van der Waals surface area contributed by atoms with Gasteiger partial charge in [0.1, 0.15) is 12.3 Å². The van der Waals surface area contributed by atoms with Crippen LogP contribution in [0.5, 0.6) is 5.88 Å². The van der Waals surface area contributed by atoms with Crippen LogP contribution >= 0.6 is 0 Å². The standard InChI is InChI=1S/C15H13N5O3/c21-15(22)18-12-9-16-14(20-8-4-7-17-20)19-13(12)23-10-11-5-2-1-3-6-11/h1-9,18H,10H2,(H,21,22). The molecule has 2 aromatic heterocycles. The molecular weight excluding hydrogens is 298 g/mol. The molecule has 0 spiro atoms. The lowest BCUT2D eigenvalue weighted by Crippen LogP contribution is -2.12. The Labute approximate surface area is 131 Å². The summed E-state index contributed by atoms with van der Waals surface area (Å²) in [6.07, 6.45) is 3.40. The van der Waals surface area contributed by atoms with Crippen molar-refractivity contribution in [1.29, 1.82) is 0 Å². The first-order valence-electron chi connectivity index (χ1n) is 6.76. The van der Waals surface area contributed by atoms with Crippen LogP contribution in [0.1, 0.15) is 5.56 Å². The number of aromatic nitrogens is 4. The topological polar surface area (TPSA) is 102 Å². The van der Waals surface area contributed by atoms with Gasteiger partial charge in [-0.2, -0.15) is 10.1 Å². The highest BCUT2D eigenvalue weighted by Gasteiger charge is 2.12. The van der Waals surface area contributed by atoms with Gasteiger partial charge in [0.05, 0.1) is 6.20 Å². The smallest absolute Gasteiger partial charge is 0.409 e. The van der Waals surface area contributed by atoms with Gasteiger partial charge in [0.25, 0.3) is 5.95 Å². The molecule has 8 nitrogen and oxygen atoms in total. The molecule has 1 amide bonds. The van der Waals surface area contributed by atoms with Gasteiger partial charge in [-0.05, 0) is 11.6 Å². The third-order valence-electron chi connectivity index (χ3n) is 2.91. The van der Waals surface area contributed by atoms with Crippen LogP contribution in [0, 0.1) is 0 Å². The summed E-state index contributed by atoms with van der Waals surface area (Å²) >= 11 is 0. The third kappa shape index (κ3) is 3.62. The number of amides is 1. The summed E-state index contributed by atoms with van der Waals surface area (Å²) in [5, 5.41) is 15.1. The molecule has 3 rings (SSSR count). The predicted octanol–water partition coefficient (Wildman–Crippen LogP) is 2.33. The second-order valence-electron chi connectivity index (χ2n) is 4.54. The average molecular weight is 311 g/mol. The molecular formula is C15H13N5O3. The normalized spacial score (nSPS) is 10.3. The predicted molar refractivity (Wildman–Crippen MR) is 81.6 cm³/mol. The van der Waals surface area contributed by atoms with Crippen LogP contribution in [0.4, 0.5) is 10.5 Å². The molecule has 0 fully saturated rings. The highest BCUT2D eigenvalue weighted by atomic mass is 16.5. The fraction of sp³-hybridized carbons (Fsp3) is 0.0667. The number of nitrogens with zero attached hydrogens (tertiary/aromatic N) is 4. The SMILES string of the molecule is O=C(O)Nc1cnc(-n2cccn2)nc1OCc1ccccc1. The summed E-state index contributed by atoms with van der Waals surface area (Å²) in [5.74, 6) is 0.422. The van der Waals surface area contributed by atoms with Crippen LogP contribution in [-0.4, -0.2) is 30.9 Å². The maximum Gasteiger partial charge on any atom is 0.409 e. The van der Waals surface area contributed by atoms with Gasteiger partial charge in [0.15, 0.2) is 0 Å². The zero-order valence-corrected chi connectivity index (χ0v) is 12.0. The molecule has 1 aromatic carbocycles. The lowest BCUT2D eigenvalue weighted by molar-refractivity contribution is 0.209. The van der Waals surface area contributed by atoms with Crippen LogP contribution in [0.3, 0.4) is 0 Å². The van der Waals surface area contributed by atoms with E-state index in [0.717, 1.165) is 5.56 Å². The van der Waals surface area contributed by atoms with Crippen molar-refractivity contribution in [1.82, 2.24) is 19.7 Å². The maximum atomic E-state index is 10.9. The minimum absolute atomic E-state index is 0.136. The first-order chi connectivity index (χ1) is 11.2. The van der Waals surface area contributed by atoms with Gasteiger partial charge >= 0.3 is 6.09 Å². The minimum atomic E-state index is -1.22. The number of carbonyl (C=O) groups is 1. The maximum absolute atomic E-state index is 10.9. The zero-order valence-electron chi connectivity index (χ0n) is 12.0. The number of nitrogens with one attached hydrogen (secondary N) is 1. The summed E-state index contributed by atoms with van der Waals surface area (Å²) in [7, 11) is 0. The van der Waals surface area contributed by atoms with Gasteiger partial charge in [-0.15, -0.1) is 0 Å². The molecule has 0 unspecified atom stereocenters. The lowest BCUT2D eigenvalue weighted by Gasteiger charge is -2.11. The molecule has 0 aliphatic heterocycles. The van der Waals surface area contributed by atoms with E-state index >= 15 is 0 Å². The minimum Gasteiger partial charge on any atom is -0.471 e. The molecule has 0 atom stereocenters. The van der Waals surface area contributed by atoms with Crippen molar-refractivity contribution in [3.05, 3.63) is 60.6 Å². The second-order valence-corrected chi connectivity index (χ2v) is 4.54. The van der Waals surface area contributed by atoms with E-state index in [4.69, 9.17) is 9.84 Å². The molecule has 0 saturated carbocycles. The van der Waals surface area contributed by atoms with Crippen molar-refractivity contribution < 1.29 is 14.6 Å². The van der Waals surface area contributed by atoms with E-state index in [2.05, 4.69) is 20.4 Å². The average Bonchev–Trinajstić information content (AvgIpc) is 3.09. The number of hydrogen-bond donors (Lipinski definition) is 2. The van der Waals surface area contributed by atoms with Gasteiger partial charge < -0.3 is 9.84 Å². The first kappa shape index (κ1) is 14.5. The lowest BCUT2D eigenvalue weighted by atomic mass is 10.2. The third-order valence-corrected chi connectivity index (χ3v) is 2.91. The van der Waals surface area contributed by atoms with Crippen molar-refractivity contribution in [2.45, 2.75) is 6.61 Å². The van der Waals surface area contributed by atoms with Gasteiger partial charge in [-0.1, -0.05) is 30.3 Å². The number of carboxylic acid groups (broad SMARTS) is 1. The van der Waals surface area contributed by atoms with E-state index in [1.165, 1.54) is 10.9 Å². The van der Waals surface area contributed by atoms with E-state index in [1.54, 1.807) is 18.5 Å². The molecule has 0 radical (unpaired) electrons. The Morgan fingerprint density at radius 3 is 2.78 bits per heavy atom. The summed E-state index contributed by atoms with van der Waals surface area (Å²) in [6.45, 7) is 0.255. The molecule has 8 heteroatoms. The van der Waals surface area contributed by atoms with Crippen LogP contribution < -0.4 is 10.1 Å². The van der Waals surface area contributed by atoms with Crippen molar-refractivity contribution >= 4 is 11.8 Å². The molecule has 0 saturated heterocycles. The summed E-state index contributed by atoms with van der Waals surface area (Å²) in [6, 6.07) is 11.2. The summed E-state index contributed by atoms with van der Waals surface area (Å²) in [4.78, 5) is 19.2. The Kier molecular flexibility index (Phi) is 4.14. The Bertz CT molecular complexity index is 790. The monoisotopic (exact) mass is 311 g/mol. The largest absolute Gasteiger partial charge is 0.471 e.